The van der Waals surface area contributed by atoms with Crippen molar-refractivity contribution < 1.29 is 9.53 Å². The third-order valence-corrected chi connectivity index (χ3v) is 5.26. The second kappa shape index (κ2) is 10.3. The first-order valence-electron chi connectivity index (χ1n) is 8.81. The van der Waals surface area contributed by atoms with Gasteiger partial charge in [-0.2, -0.15) is 5.26 Å². The molecule has 1 amide bonds. The molecule has 0 saturated heterocycles. The van der Waals surface area contributed by atoms with Crippen LogP contribution in [0.1, 0.15) is 11.1 Å². The molecule has 0 aromatic heterocycles. The molecule has 3 rings (SSSR count). The lowest BCUT2D eigenvalue weighted by atomic mass is 10.1. The van der Waals surface area contributed by atoms with Crippen LogP contribution >= 0.6 is 39.1 Å². The van der Waals surface area contributed by atoms with Crippen molar-refractivity contribution in [2.24, 2.45) is 0 Å². The highest BCUT2D eigenvalue weighted by atomic mass is 79.9. The summed E-state index contributed by atoms with van der Waals surface area (Å²) in [4.78, 5) is 12.4. The van der Waals surface area contributed by atoms with Crippen molar-refractivity contribution in [1.82, 2.24) is 0 Å². The quantitative estimate of drug-likeness (QED) is 0.295. The van der Waals surface area contributed by atoms with Gasteiger partial charge in [-0.25, -0.2) is 0 Å². The zero-order chi connectivity index (χ0) is 21.5. The summed E-state index contributed by atoms with van der Waals surface area (Å²) in [7, 11) is 0. The standard InChI is InChI=1S/C23H15BrCl2N2O2/c24-19-12-16(7-10-22(19)30-14-15-5-8-18(25)9-6-15)11-17(13-27)23(29)28-21-4-2-1-3-20(21)26/h1-12H,14H2,(H,28,29)/b17-11+. The second-order valence-electron chi connectivity index (χ2n) is 6.21. The first-order chi connectivity index (χ1) is 14.5. The molecule has 0 radical (unpaired) electrons. The van der Waals surface area contributed by atoms with Gasteiger partial charge in [-0.3, -0.25) is 4.79 Å². The number of carbonyl (C=O) groups excluding carboxylic acids is 1. The molecule has 4 nitrogen and oxygen atoms in total. The number of amides is 1. The van der Waals surface area contributed by atoms with E-state index in [4.69, 9.17) is 27.9 Å². The van der Waals surface area contributed by atoms with Crippen molar-refractivity contribution in [2.75, 3.05) is 5.32 Å². The number of nitrogens with zero attached hydrogens (tertiary/aromatic N) is 1. The Morgan fingerprint density at radius 2 is 1.83 bits per heavy atom. The third-order valence-electron chi connectivity index (χ3n) is 4.06. The molecule has 0 spiro atoms. The van der Waals surface area contributed by atoms with Crippen LogP contribution < -0.4 is 10.1 Å². The molecule has 30 heavy (non-hydrogen) atoms. The van der Waals surface area contributed by atoms with Gasteiger partial charge >= 0.3 is 0 Å². The Balaban J connectivity index is 1.71. The first-order valence-corrected chi connectivity index (χ1v) is 10.4. The molecule has 3 aromatic carbocycles. The van der Waals surface area contributed by atoms with E-state index in [0.29, 0.717) is 38.1 Å². The summed E-state index contributed by atoms with van der Waals surface area (Å²) < 4.78 is 6.52. The summed E-state index contributed by atoms with van der Waals surface area (Å²) in [5.41, 5.74) is 2.05. The van der Waals surface area contributed by atoms with Crippen LogP contribution in [-0.4, -0.2) is 5.91 Å². The fraction of sp³-hybridized carbons (Fsp3) is 0.0435. The number of hydrogen-bond acceptors (Lipinski definition) is 3. The summed E-state index contributed by atoms with van der Waals surface area (Å²) >= 11 is 15.4. The highest BCUT2D eigenvalue weighted by Gasteiger charge is 2.12. The first kappa shape index (κ1) is 21.9. The van der Waals surface area contributed by atoms with Gasteiger partial charge in [0.15, 0.2) is 0 Å². The molecular formula is C23H15BrCl2N2O2. The summed E-state index contributed by atoms with van der Waals surface area (Å²) in [6.45, 7) is 0.384. The van der Waals surface area contributed by atoms with Crippen LogP contribution in [0.2, 0.25) is 10.0 Å². The van der Waals surface area contributed by atoms with E-state index in [-0.39, 0.29) is 5.57 Å². The molecule has 0 aliphatic heterocycles. The molecule has 0 heterocycles. The average molecular weight is 502 g/mol. The molecule has 0 unspecified atom stereocenters. The Labute approximate surface area is 192 Å². The summed E-state index contributed by atoms with van der Waals surface area (Å²) in [5.74, 6) is 0.103. The molecule has 0 bridgehead atoms. The molecule has 0 saturated carbocycles. The Kier molecular flexibility index (Phi) is 7.53. The van der Waals surface area contributed by atoms with Gasteiger partial charge in [-0.05, 0) is 69.5 Å². The lowest BCUT2D eigenvalue weighted by Crippen LogP contribution is -2.13. The molecule has 7 heteroatoms. The second-order valence-corrected chi connectivity index (χ2v) is 7.91. The molecule has 0 aliphatic carbocycles. The van der Waals surface area contributed by atoms with Gasteiger partial charge < -0.3 is 10.1 Å². The van der Waals surface area contributed by atoms with Crippen LogP contribution in [-0.2, 0) is 11.4 Å². The van der Waals surface area contributed by atoms with E-state index < -0.39 is 5.91 Å². The zero-order valence-corrected chi connectivity index (χ0v) is 18.6. The Hall–Kier alpha value is -2.78. The monoisotopic (exact) mass is 500 g/mol. The minimum absolute atomic E-state index is 0.0448. The van der Waals surface area contributed by atoms with Gasteiger partial charge in [-0.15, -0.1) is 0 Å². The SMILES string of the molecule is N#C/C(=C\c1ccc(OCc2ccc(Cl)cc2)c(Br)c1)C(=O)Nc1ccccc1Cl. The zero-order valence-electron chi connectivity index (χ0n) is 15.5. The van der Waals surface area contributed by atoms with Crippen molar-refractivity contribution in [3.8, 4) is 11.8 Å². The number of ether oxygens (including phenoxy) is 1. The smallest absolute Gasteiger partial charge is 0.266 e. The molecule has 150 valence electrons. The summed E-state index contributed by atoms with van der Waals surface area (Å²) in [6.07, 6.45) is 1.50. The lowest BCUT2D eigenvalue weighted by molar-refractivity contribution is -0.112. The van der Waals surface area contributed by atoms with Gasteiger partial charge in [0.25, 0.3) is 5.91 Å². The van der Waals surface area contributed by atoms with E-state index in [1.54, 1.807) is 54.6 Å². The maximum Gasteiger partial charge on any atom is 0.266 e. The van der Waals surface area contributed by atoms with Crippen LogP contribution in [0.15, 0.2) is 76.8 Å². The van der Waals surface area contributed by atoms with Crippen LogP contribution in [0.25, 0.3) is 6.08 Å². The van der Waals surface area contributed by atoms with E-state index in [1.165, 1.54) is 6.08 Å². The number of halogens is 3. The Morgan fingerprint density at radius 3 is 2.50 bits per heavy atom. The predicted octanol–water partition coefficient (Wildman–Crippen LogP) is 6.88. The minimum Gasteiger partial charge on any atom is -0.488 e. The summed E-state index contributed by atoms with van der Waals surface area (Å²) in [6, 6.07) is 21.5. The largest absolute Gasteiger partial charge is 0.488 e. The topological polar surface area (TPSA) is 62.1 Å². The van der Waals surface area contributed by atoms with Crippen molar-refractivity contribution >= 4 is 56.8 Å². The van der Waals surface area contributed by atoms with Crippen molar-refractivity contribution in [3.05, 3.63) is 97.9 Å². The number of nitrogens with one attached hydrogen (secondary N) is 1. The van der Waals surface area contributed by atoms with Crippen LogP contribution in [0.4, 0.5) is 5.69 Å². The summed E-state index contributed by atoms with van der Waals surface area (Å²) in [5, 5.41) is 13.1. The lowest BCUT2D eigenvalue weighted by Gasteiger charge is -2.09. The Morgan fingerprint density at radius 1 is 1.10 bits per heavy atom. The Bertz CT molecular complexity index is 1140. The van der Waals surface area contributed by atoms with Gasteiger partial charge in [-0.1, -0.05) is 53.5 Å². The molecule has 1 N–H and O–H groups in total. The van der Waals surface area contributed by atoms with Crippen molar-refractivity contribution in [1.29, 1.82) is 5.26 Å². The van der Waals surface area contributed by atoms with E-state index >= 15 is 0 Å². The number of para-hydroxylation sites is 1. The number of anilines is 1. The number of rotatable bonds is 6. The van der Waals surface area contributed by atoms with Crippen LogP contribution in [0.3, 0.4) is 0 Å². The molecule has 3 aromatic rings. The third kappa shape index (κ3) is 5.87. The van der Waals surface area contributed by atoms with Gasteiger partial charge in [0.2, 0.25) is 0 Å². The van der Waals surface area contributed by atoms with Gasteiger partial charge in [0.1, 0.15) is 24.0 Å². The number of carbonyl (C=O) groups is 1. The molecule has 0 aliphatic rings. The molecule has 0 fully saturated rings. The maximum absolute atomic E-state index is 12.4. The van der Waals surface area contributed by atoms with Crippen molar-refractivity contribution in [3.63, 3.8) is 0 Å². The predicted molar refractivity (Wildman–Crippen MR) is 124 cm³/mol. The maximum atomic E-state index is 12.4. The number of nitriles is 1. The van der Waals surface area contributed by atoms with E-state index in [2.05, 4.69) is 21.2 Å². The van der Waals surface area contributed by atoms with E-state index in [0.717, 1.165) is 5.56 Å². The van der Waals surface area contributed by atoms with Crippen LogP contribution in [0.5, 0.6) is 5.75 Å². The van der Waals surface area contributed by atoms with Gasteiger partial charge in [0.05, 0.1) is 15.2 Å². The normalized spacial score (nSPS) is 10.9. The highest BCUT2D eigenvalue weighted by molar-refractivity contribution is 9.10. The van der Waals surface area contributed by atoms with E-state index in [9.17, 15) is 10.1 Å². The fourth-order valence-electron chi connectivity index (χ4n) is 2.53. The highest BCUT2D eigenvalue weighted by Crippen LogP contribution is 2.28. The molecule has 0 atom stereocenters. The number of benzene rings is 3. The molecular weight excluding hydrogens is 487 g/mol. The average Bonchev–Trinajstić information content (AvgIpc) is 2.74. The van der Waals surface area contributed by atoms with E-state index in [1.807, 2.05) is 18.2 Å². The van der Waals surface area contributed by atoms with Crippen molar-refractivity contribution in [2.45, 2.75) is 6.61 Å². The van der Waals surface area contributed by atoms with Crippen LogP contribution in [0, 0.1) is 11.3 Å². The number of hydrogen-bond donors (Lipinski definition) is 1. The van der Waals surface area contributed by atoms with Gasteiger partial charge in [0, 0.05) is 5.02 Å². The minimum atomic E-state index is -0.537. The fourth-order valence-corrected chi connectivity index (χ4v) is 3.35.